The van der Waals surface area contributed by atoms with Gasteiger partial charge in [-0.05, 0) is 36.1 Å². The van der Waals surface area contributed by atoms with Crippen molar-refractivity contribution in [1.29, 1.82) is 0 Å². The molecule has 4 rings (SSSR count). The van der Waals surface area contributed by atoms with Gasteiger partial charge in [-0.15, -0.1) is 0 Å². The summed E-state index contributed by atoms with van der Waals surface area (Å²) in [6.07, 6.45) is 3.05. The first-order chi connectivity index (χ1) is 13.7. The van der Waals surface area contributed by atoms with Crippen LogP contribution in [0.4, 0.5) is 4.39 Å². The molecule has 0 aliphatic carbocycles. The lowest BCUT2D eigenvalue weighted by molar-refractivity contribution is 0.104. The number of carbonyl (C=O) groups is 1. The summed E-state index contributed by atoms with van der Waals surface area (Å²) in [5.74, 6) is 0.0312. The summed E-state index contributed by atoms with van der Waals surface area (Å²) in [5, 5.41) is 2.98. The molecule has 2 nitrogen and oxygen atoms in total. The molecule has 4 aromatic rings. The number of carbonyl (C=O) groups excluding carboxylic acids is 1. The molecule has 0 aliphatic heterocycles. The Morgan fingerprint density at radius 3 is 2.46 bits per heavy atom. The third-order valence-corrected chi connectivity index (χ3v) is 5.43. The third-order valence-electron chi connectivity index (χ3n) is 5.43. The number of fused-ring (bicyclic) bond motifs is 2. The molecule has 0 fully saturated rings. The maximum absolute atomic E-state index is 13.6. The Balaban J connectivity index is 1.73. The van der Waals surface area contributed by atoms with Crippen molar-refractivity contribution in [3.8, 4) is 0 Å². The number of aryl methyl sites for hydroxylation is 1. The smallest absolute Gasteiger partial charge is 0.195 e. The molecule has 0 spiro atoms. The Hall–Kier alpha value is -2.94. The molecule has 0 N–H and O–H groups in total. The Bertz CT molecular complexity index is 1120. The highest BCUT2D eigenvalue weighted by molar-refractivity contribution is 6.21. The van der Waals surface area contributed by atoms with Gasteiger partial charge in [-0.25, -0.2) is 4.39 Å². The molecule has 142 valence electrons. The topological polar surface area (TPSA) is 22.0 Å². The highest BCUT2D eigenvalue weighted by Crippen LogP contribution is 2.27. The second-order valence-corrected chi connectivity index (χ2v) is 7.26. The van der Waals surface area contributed by atoms with Crippen molar-refractivity contribution < 1.29 is 9.18 Å². The normalized spacial score (nSPS) is 12.5. The minimum atomic E-state index is -0.751. The first-order valence-electron chi connectivity index (χ1n) is 9.93. The van der Waals surface area contributed by atoms with Gasteiger partial charge in [-0.2, -0.15) is 0 Å². The summed E-state index contributed by atoms with van der Waals surface area (Å²) in [6, 6.07) is 21.8. The number of hydrogen-bond donors (Lipinski definition) is 0. The van der Waals surface area contributed by atoms with Gasteiger partial charge in [0.15, 0.2) is 5.78 Å². The Morgan fingerprint density at radius 2 is 1.64 bits per heavy atom. The summed E-state index contributed by atoms with van der Waals surface area (Å²) in [5.41, 5.74) is 2.45. The fourth-order valence-corrected chi connectivity index (χ4v) is 3.87. The van der Waals surface area contributed by atoms with Crippen LogP contribution in [0.25, 0.3) is 21.7 Å². The average molecular weight is 373 g/mol. The van der Waals surface area contributed by atoms with Gasteiger partial charge in [0.2, 0.25) is 0 Å². The van der Waals surface area contributed by atoms with Crippen LogP contribution in [0.1, 0.15) is 42.1 Å². The van der Waals surface area contributed by atoms with Crippen molar-refractivity contribution in [3.63, 3.8) is 0 Å². The lowest BCUT2D eigenvalue weighted by Crippen LogP contribution is -2.03. The Labute approximate surface area is 164 Å². The van der Waals surface area contributed by atoms with Gasteiger partial charge in [0, 0.05) is 34.8 Å². The van der Waals surface area contributed by atoms with Crippen LogP contribution >= 0.6 is 0 Å². The van der Waals surface area contributed by atoms with Gasteiger partial charge < -0.3 is 4.57 Å². The van der Waals surface area contributed by atoms with E-state index in [1.165, 1.54) is 0 Å². The lowest BCUT2D eigenvalue weighted by Gasteiger charge is -2.07. The minimum Gasteiger partial charge on any atom is -0.347 e. The molecule has 0 saturated heterocycles. The average Bonchev–Trinajstić information content (AvgIpc) is 3.11. The Morgan fingerprint density at radius 1 is 0.929 bits per heavy atom. The van der Waals surface area contributed by atoms with E-state index in [-0.39, 0.29) is 5.78 Å². The second kappa shape index (κ2) is 7.97. The zero-order valence-electron chi connectivity index (χ0n) is 16.1. The molecule has 3 aromatic carbocycles. The van der Waals surface area contributed by atoms with Crippen LogP contribution in [-0.2, 0) is 6.54 Å². The van der Waals surface area contributed by atoms with Crippen molar-refractivity contribution >= 4 is 27.5 Å². The van der Waals surface area contributed by atoms with E-state index in [2.05, 4.69) is 4.57 Å². The van der Waals surface area contributed by atoms with Crippen LogP contribution in [0, 0.1) is 0 Å². The molecule has 0 amide bonds. The summed E-state index contributed by atoms with van der Waals surface area (Å²) in [6.45, 7) is 2.58. The van der Waals surface area contributed by atoms with E-state index in [1.54, 1.807) is 0 Å². The van der Waals surface area contributed by atoms with Gasteiger partial charge in [0.1, 0.15) is 0 Å². The molecule has 1 heterocycles. The van der Waals surface area contributed by atoms with Gasteiger partial charge in [0.05, 0.1) is 6.17 Å². The SMILES string of the molecule is CCC(F)CCCn1cc(C(=O)c2cccc3ccccc23)c2ccccc21. The van der Waals surface area contributed by atoms with E-state index < -0.39 is 6.17 Å². The number of hydrogen-bond acceptors (Lipinski definition) is 1. The van der Waals surface area contributed by atoms with Crippen molar-refractivity contribution in [2.45, 2.75) is 38.9 Å². The fraction of sp³-hybridized carbons (Fsp3) is 0.240. The molecule has 1 atom stereocenters. The lowest BCUT2D eigenvalue weighted by atomic mass is 9.97. The van der Waals surface area contributed by atoms with Crippen LogP contribution in [0.3, 0.4) is 0 Å². The van der Waals surface area contributed by atoms with Crippen LogP contribution in [-0.4, -0.2) is 16.5 Å². The summed E-state index contributed by atoms with van der Waals surface area (Å²) in [7, 11) is 0. The van der Waals surface area contributed by atoms with Gasteiger partial charge in [0.25, 0.3) is 0 Å². The van der Waals surface area contributed by atoms with Gasteiger partial charge in [-0.3, -0.25) is 4.79 Å². The maximum atomic E-state index is 13.6. The quantitative estimate of drug-likeness (QED) is 0.337. The third kappa shape index (κ3) is 3.45. The number of para-hydroxylation sites is 1. The first-order valence-corrected chi connectivity index (χ1v) is 9.93. The second-order valence-electron chi connectivity index (χ2n) is 7.26. The molecule has 3 heteroatoms. The highest BCUT2D eigenvalue weighted by Gasteiger charge is 2.18. The van der Waals surface area contributed by atoms with Gasteiger partial charge in [-0.1, -0.05) is 67.6 Å². The fourth-order valence-electron chi connectivity index (χ4n) is 3.87. The standard InChI is InChI=1S/C25H24FNO/c1-2-19(26)11-8-16-27-17-23(21-13-5-6-15-24(21)27)25(28)22-14-7-10-18-9-3-4-12-20(18)22/h3-7,9-10,12-15,17,19H,2,8,11,16H2,1H3. The largest absolute Gasteiger partial charge is 0.347 e. The molecule has 0 saturated carbocycles. The van der Waals surface area contributed by atoms with E-state index in [4.69, 9.17) is 0 Å². The van der Waals surface area contributed by atoms with E-state index >= 15 is 0 Å². The molecule has 0 bridgehead atoms. The van der Waals surface area contributed by atoms with Crippen molar-refractivity contribution in [2.75, 3.05) is 0 Å². The van der Waals surface area contributed by atoms with Crippen LogP contribution < -0.4 is 0 Å². The highest BCUT2D eigenvalue weighted by atomic mass is 19.1. The van der Waals surface area contributed by atoms with E-state index in [0.717, 1.165) is 33.7 Å². The number of ketones is 1. The molecular weight excluding hydrogens is 349 g/mol. The monoisotopic (exact) mass is 373 g/mol. The number of rotatable bonds is 7. The Kier molecular flexibility index (Phi) is 5.25. The number of nitrogens with zero attached hydrogens (tertiary/aromatic N) is 1. The summed E-state index contributed by atoms with van der Waals surface area (Å²) in [4.78, 5) is 13.4. The van der Waals surface area contributed by atoms with Crippen LogP contribution in [0.2, 0.25) is 0 Å². The van der Waals surface area contributed by atoms with E-state index in [0.29, 0.717) is 24.9 Å². The molecular formula is C25H24FNO. The molecule has 1 aromatic heterocycles. The summed E-state index contributed by atoms with van der Waals surface area (Å²) >= 11 is 0. The van der Waals surface area contributed by atoms with E-state index in [1.807, 2.05) is 79.9 Å². The minimum absolute atomic E-state index is 0.0312. The molecule has 28 heavy (non-hydrogen) atoms. The maximum Gasteiger partial charge on any atom is 0.195 e. The van der Waals surface area contributed by atoms with Gasteiger partial charge >= 0.3 is 0 Å². The van der Waals surface area contributed by atoms with Crippen LogP contribution in [0.5, 0.6) is 0 Å². The van der Waals surface area contributed by atoms with E-state index in [9.17, 15) is 9.18 Å². The number of alkyl halides is 1. The zero-order chi connectivity index (χ0) is 19.5. The number of benzene rings is 3. The molecule has 1 unspecified atom stereocenters. The number of aromatic nitrogens is 1. The van der Waals surface area contributed by atoms with Crippen molar-refractivity contribution in [2.24, 2.45) is 0 Å². The zero-order valence-corrected chi connectivity index (χ0v) is 16.1. The van der Waals surface area contributed by atoms with Crippen LogP contribution in [0.15, 0.2) is 72.9 Å². The predicted octanol–water partition coefficient (Wildman–Crippen LogP) is 6.55. The van der Waals surface area contributed by atoms with Crippen molar-refractivity contribution in [3.05, 3.63) is 84.1 Å². The summed E-state index contributed by atoms with van der Waals surface area (Å²) < 4.78 is 15.7. The predicted molar refractivity (Wildman–Crippen MR) is 114 cm³/mol. The molecule has 0 aliphatic rings. The number of halogens is 1. The first kappa shape index (κ1) is 18.4. The molecule has 0 radical (unpaired) electrons. The van der Waals surface area contributed by atoms with Crippen molar-refractivity contribution in [1.82, 2.24) is 4.57 Å².